The van der Waals surface area contributed by atoms with Crippen LogP contribution < -0.4 is 5.32 Å². The smallest absolute Gasteiger partial charge is 0.323 e. The Kier molecular flexibility index (Phi) is 9.33. The molecule has 18 heavy (non-hydrogen) atoms. The van der Waals surface area contributed by atoms with Gasteiger partial charge in [-0.15, -0.1) is 12.4 Å². The monoisotopic (exact) mass is 271 g/mol. The lowest BCUT2D eigenvalue weighted by Gasteiger charge is -2.16. The van der Waals surface area contributed by atoms with Crippen molar-refractivity contribution in [3.05, 3.63) is 35.9 Å². The molecule has 0 saturated carbocycles. The van der Waals surface area contributed by atoms with Crippen LogP contribution in [0, 0.1) is 0 Å². The van der Waals surface area contributed by atoms with Gasteiger partial charge in [-0.1, -0.05) is 43.7 Å². The summed E-state index contributed by atoms with van der Waals surface area (Å²) in [6, 6.07) is 9.75. The van der Waals surface area contributed by atoms with Crippen molar-refractivity contribution in [1.82, 2.24) is 5.32 Å². The van der Waals surface area contributed by atoms with Gasteiger partial charge in [0.05, 0.1) is 7.11 Å². The van der Waals surface area contributed by atoms with E-state index in [2.05, 4.69) is 12.2 Å². The molecule has 1 N–H and O–H groups in total. The van der Waals surface area contributed by atoms with Crippen molar-refractivity contribution >= 4 is 18.4 Å². The molecule has 0 spiro atoms. The standard InChI is InChI=1S/C14H21NO2.ClH/c1-3-4-10-15-13(14(16)17-2)11-12-8-6-5-7-9-12;/h5-9,13,15H,3-4,10-11H2,1-2H3;1H. The van der Waals surface area contributed by atoms with Crippen molar-refractivity contribution in [3.8, 4) is 0 Å². The first-order valence-corrected chi connectivity index (χ1v) is 6.13. The molecule has 1 unspecified atom stereocenters. The maximum atomic E-state index is 11.6. The summed E-state index contributed by atoms with van der Waals surface area (Å²) in [4.78, 5) is 11.6. The van der Waals surface area contributed by atoms with Crippen LogP contribution in [0.3, 0.4) is 0 Å². The molecule has 0 bridgehead atoms. The largest absolute Gasteiger partial charge is 0.468 e. The van der Waals surface area contributed by atoms with E-state index in [1.807, 2.05) is 30.3 Å². The molecule has 0 aliphatic rings. The van der Waals surface area contributed by atoms with Crippen molar-refractivity contribution in [2.75, 3.05) is 13.7 Å². The average Bonchev–Trinajstić information content (AvgIpc) is 2.38. The predicted octanol–water partition coefficient (Wildman–Crippen LogP) is 2.58. The highest BCUT2D eigenvalue weighted by Gasteiger charge is 2.18. The third-order valence-electron chi connectivity index (χ3n) is 2.69. The van der Waals surface area contributed by atoms with E-state index in [0.29, 0.717) is 6.42 Å². The van der Waals surface area contributed by atoms with E-state index in [1.54, 1.807) is 0 Å². The summed E-state index contributed by atoms with van der Waals surface area (Å²) in [5, 5.41) is 3.25. The van der Waals surface area contributed by atoms with Gasteiger partial charge in [-0.25, -0.2) is 0 Å². The molecule has 0 aliphatic carbocycles. The normalized spacial score (nSPS) is 11.4. The summed E-state index contributed by atoms with van der Waals surface area (Å²) >= 11 is 0. The Morgan fingerprint density at radius 3 is 2.56 bits per heavy atom. The molecule has 1 rings (SSSR count). The van der Waals surface area contributed by atoms with E-state index in [9.17, 15) is 4.79 Å². The van der Waals surface area contributed by atoms with Crippen molar-refractivity contribution in [1.29, 1.82) is 0 Å². The lowest BCUT2D eigenvalue weighted by molar-refractivity contribution is -0.143. The number of rotatable bonds is 7. The molecule has 0 saturated heterocycles. The van der Waals surface area contributed by atoms with E-state index in [-0.39, 0.29) is 24.4 Å². The summed E-state index contributed by atoms with van der Waals surface area (Å²) in [5.74, 6) is -0.190. The van der Waals surface area contributed by atoms with Crippen LogP contribution in [0.25, 0.3) is 0 Å². The van der Waals surface area contributed by atoms with Gasteiger partial charge in [-0.2, -0.15) is 0 Å². The summed E-state index contributed by atoms with van der Waals surface area (Å²) in [6.07, 6.45) is 2.87. The van der Waals surface area contributed by atoms with Crippen molar-refractivity contribution in [2.45, 2.75) is 32.2 Å². The Morgan fingerprint density at radius 1 is 1.33 bits per heavy atom. The van der Waals surface area contributed by atoms with Crippen LogP contribution >= 0.6 is 12.4 Å². The molecule has 0 amide bonds. The average molecular weight is 272 g/mol. The van der Waals surface area contributed by atoms with E-state index < -0.39 is 0 Å². The quantitative estimate of drug-likeness (QED) is 0.612. The topological polar surface area (TPSA) is 38.3 Å². The van der Waals surface area contributed by atoms with E-state index in [1.165, 1.54) is 7.11 Å². The van der Waals surface area contributed by atoms with Crippen LogP contribution in [-0.2, 0) is 16.0 Å². The zero-order valence-electron chi connectivity index (χ0n) is 11.0. The predicted molar refractivity (Wildman–Crippen MR) is 76.1 cm³/mol. The van der Waals surface area contributed by atoms with Gasteiger partial charge in [0, 0.05) is 0 Å². The maximum Gasteiger partial charge on any atom is 0.323 e. The Hall–Kier alpha value is -1.06. The van der Waals surface area contributed by atoms with Crippen LogP contribution in [0.4, 0.5) is 0 Å². The number of carbonyl (C=O) groups excluding carboxylic acids is 1. The highest BCUT2D eigenvalue weighted by molar-refractivity contribution is 5.85. The zero-order chi connectivity index (χ0) is 12.5. The Balaban J connectivity index is 0.00000289. The van der Waals surface area contributed by atoms with E-state index in [0.717, 1.165) is 24.9 Å². The molecule has 0 heterocycles. The minimum absolute atomic E-state index is 0. The Bertz CT molecular complexity index is 330. The number of hydrogen-bond acceptors (Lipinski definition) is 3. The zero-order valence-corrected chi connectivity index (χ0v) is 11.8. The lowest BCUT2D eigenvalue weighted by atomic mass is 10.1. The Labute approximate surface area is 115 Å². The molecule has 102 valence electrons. The van der Waals surface area contributed by atoms with Gasteiger partial charge in [0.2, 0.25) is 0 Å². The second kappa shape index (κ2) is 9.92. The number of methoxy groups -OCH3 is 1. The molecule has 0 fully saturated rings. The third kappa shape index (κ3) is 6.03. The molecule has 4 heteroatoms. The summed E-state index contributed by atoms with van der Waals surface area (Å²) < 4.78 is 4.81. The van der Waals surface area contributed by atoms with Gasteiger partial charge < -0.3 is 10.1 Å². The molecule has 0 aromatic heterocycles. The van der Waals surface area contributed by atoms with Gasteiger partial charge in [-0.3, -0.25) is 4.79 Å². The second-order valence-corrected chi connectivity index (χ2v) is 4.07. The maximum absolute atomic E-state index is 11.6. The number of esters is 1. The first kappa shape index (κ1) is 16.9. The summed E-state index contributed by atoms with van der Waals surface area (Å²) in [7, 11) is 1.43. The number of ether oxygens (including phenoxy) is 1. The van der Waals surface area contributed by atoms with Crippen LogP contribution in [0.5, 0.6) is 0 Å². The van der Waals surface area contributed by atoms with Gasteiger partial charge in [0.25, 0.3) is 0 Å². The van der Waals surface area contributed by atoms with Gasteiger partial charge in [-0.05, 0) is 24.9 Å². The minimum Gasteiger partial charge on any atom is -0.468 e. The number of halogens is 1. The van der Waals surface area contributed by atoms with Gasteiger partial charge >= 0.3 is 5.97 Å². The van der Waals surface area contributed by atoms with E-state index >= 15 is 0 Å². The molecule has 0 radical (unpaired) electrons. The number of nitrogens with one attached hydrogen (secondary N) is 1. The van der Waals surface area contributed by atoms with Gasteiger partial charge in [0.15, 0.2) is 0 Å². The van der Waals surface area contributed by atoms with Crippen molar-refractivity contribution in [3.63, 3.8) is 0 Å². The van der Waals surface area contributed by atoms with Crippen molar-refractivity contribution < 1.29 is 9.53 Å². The fourth-order valence-electron chi connectivity index (χ4n) is 1.68. The number of unbranched alkanes of at least 4 members (excludes halogenated alkanes) is 1. The third-order valence-corrected chi connectivity index (χ3v) is 2.69. The van der Waals surface area contributed by atoms with Crippen LogP contribution in [0.15, 0.2) is 30.3 Å². The van der Waals surface area contributed by atoms with E-state index in [4.69, 9.17) is 4.74 Å². The van der Waals surface area contributed by atoms with Crippen LogP contribution in [0.1, 0.15) is 25.3 Å². The van der Waals surface area contributed by atoms with Gasteiger partial charge in [0.1, 0.15) is 6.04 Å². The Morgan fingerprint density at radius 2 is 2.00 bits per heavy atom. The first-order chi connectivity index (χ1) is 8.27. The van der Waals surface area contributed by atoms with Crippen LogP contribution in [0.2, 0.25) is 0 Å². The molecule has 1 atom stereocenters. The highest BCUT2D eigenvalue weighted by atomic mass is 35.5. The fourth-order valence-corrected chi connectivity index (χ4v) is 1.68. The van der Waals surface area contributed by atoms with Crippen LogP contribution in [-0.4, -0.2) is 25.7 Å². The minimum atomic E-state index is -0.242. The second-order valence-electron chi connectivity index (χ2n) is 4.07. The molecule has 0 aliphatic heterocycles. The number of carbonyl (C=O) groups is 1. The molecule has 1 aromatic carbocycles. The molecular weight excluding hydrogens is 250 g/mol. The molecule has 1 aromatic rings. The molecule has 3 nitrogen and oxygen atoms in total. The summed E-state index contributed by atoms with van der Waals surface area (Å²) in [6.45, 7) is 2.98. The first-order valence-electron chi connectivity index (χ1n) is 6.13. The fraction of sp³-hybridized carbons (Fsp3) is 0.500. The lowest BCUT2D eigenvalue weighted by Crippen LogP contribution is -2.39. The SMILES string of the molecule is CCCCNC(Cc1ccccc1)C(=O)OC.Cl. The highest BCUT2D eigenvalue weighted by Crippen LogP contribution is 2.04. The number of hydrogen-bond donors (Lipinski definition) is 1. The van der Waals surface area contributed by atoms with Crippen molar-refractivity contribution in [2.24, 2.45) is 0 Å². The number of benzene rings is 1. The summed E-state index contributed by atoms with van der Waals surface area (Å²) in [5.41, 5.74) is 1.15. The molecular formula is C14H22ClNO2.